The highest BCUT2D eigenvalue weighted by molar-refractivity contribution is 7.91. The van der Waals surface area contributed by atoms with Crippen molar-refractivity contribution in [2.45, 2.75) is 63.3 Å². The number of carbonyl (C=O) groups is 2. The number of aliphatic hydroxyl groups excluding tert-OH is 1. The minimum absolute atomic E-state index is 0.00357. The first-order valence-corrected chi connectivity index (χ1v) is 11.5. The van der Waals surface area contributed by atoms with E-state index in [0.29, 0.717) is 6.42 Å². The molecule has 3 saturated heterocycles. The lowest BCUT2D eigenvalue weighted by Gasteiger charge is -2.28. The van der Waals surface area contributed by atoms with Crippen molar-refractivity contribution < 1.29 is 32.6 Å². The Labute approximate surface area is 164 Å². The summed E-state index contributed by atoms with van der Waals surface area (Å²) in [6.45, 7) is 4.30. The lowest BCUT2D eigenvalue weighted by molar-refractivity contribution is -0.134. The Morgan fingerprint density at radius 2 is 1.89 bits per heavy atom. The van der Waals surface area contributed by atoms with E-state index in [1.807, 2.05) is 13.8 Å². The topological polar surface area (TPSA) is 134 Å². The second kappa shape index (κ2) is 8.52. The summed E-state index contributed by atoms with van der Waals surface area (Å²) in [6.07, 6.45) is -2.04. The van der Waals surface area contributed by atoms with Crippen LogP contribution in [0.2, 0.25) is 0 Å². The molecular formula is C17H29N3O7S. The second-order valence-electron chi connectivity index (χ2n) is 7.91. The van der Waals surface area contributed by atoms with Crippen LogP contribution in [0.4, 0.5) is 4.79 Å². The molecule has 3 fully saturated rings. The third kappa shape index (κ3) is 5.13. The van der Waals surface area contributed by atoms with E-state index < -0.39 is 28.1 Å². The standard InChI is InChI=1S/C17H29N3O7S/c1-10(2)19-17(23)18-9-13-15(22)16-12(27-13)7-11(26-16)8-14(21)20-3-5-28(24,25)6-4-20/h10-13,15-16,22H,3-9H2,1-2H3,(H2,18,19,23)/t11-,12-,13-,15-,16+/m1/s1. The average molecular weight is 420 g/mol. The molecule has 0 aromatic carbocycles. The van der Waals surface area contributed by atoms with Crippen LogP contribution in [-0.2, 0) is 24.1 Å². The van der Waals surface area contributed by atoms with Gasteiger partial charge in [-0.1, -0.05) is 0 Å². The number of nitrogens with one attached hydrogen (secondary N) is 2. The van der Waals surface area contributed by atoms with E-state index in [1.54, 1.807) is 4.90 Å². The molecule has 0 spiro atoms. The first kappa shape index (κ1) is 21.3. The summed E-state index contributed by atoms with van der Waals surface area (Å²) < 4.78 is 34.6. The molecule has 0 unspecified atom stereocenters. The van der Waals surface area contributed by atoms with Gasteiger partial charge < -0.3 is 30.1 Å². The normalized spacial score (nSPS) is 34.3. The van der Waals surface area contributed by atoms with Crippen molar-refractivity contribution in [3.63, 3.8) is 0 Å². The number of hydrogen-bond donors (Lipinski definition) is 3. The van der Waals surface area contributed by atoms with Gasteiger partial charge in [-0.15, -0.1) is 0 Å². The van der Waals surface area contributed by atoms with Crippen LogP contribution >= 0.6 is 0 Å². The molecule has 10 nitrogen and oxygen atoms in total. The number of amides is 3. The molecule has 3 heterocycles. The van der Waals surface area contributed by atoms with Crippen LogP contribution in [-0.4, -0.2) is 98.1 Å². The summed E-state index contributed by atoms with van der Waals surface area (Å²) in [5.41, 5.74) is 0. The number of fused-ring (bicyclic) bond motifs is 1. The molecule has 160 valence electrons. The van der Waals surface area contributed by atoms with Gasteiger partial charge in [-0.25, -0.2) is 13.2 Å². The maximum atomic E-state index is 12.4. The van der Waals surface area contributed by atoms with E-state index in [2.05, 4.69) is 10.6 Å². The maximum Gasteiger partial charge on any atom is 0.315 e. The van der Waals surface area contributed by atoms with E-state index in [9.17, 15) is 23.1 Å². The number of hydrogen-bond acceptors (Lipinski definition) is 7. The smallest absolute Gasteiger partial charge is 0.315 e. The Kier molecular flexibility index (Phi) is 6.47. The third-order valence-electron chi connectivity index (χ3n) is 5.26. The average Bonchev–Trinajstić information content (AvgIpc) is 3.11. The van der Waals surface area contributed by atoms with Crippen LogP contribution < -0.4 is 10.6 Å². The van der Waals surface area contributed by atoms with Crippen molar-refractivity contribution in [2.24, 2.45) is 0 Å². The van der Waals surface area contributed by atoms with Crippen molar-refractivity contribution in [3.05, 3.63) is 0 Å². The van der Waals surface area contributed by atoms with Gasteiger partial charge in [0.1, 0.15) is 18.3 Å². The molecule has 3 amide bonds. The van der Waals surface area contributed by atoms with E-state index in [0.717, 1.165) is 0 Å². The van der Waals surface area contributed by atoms with Gasteiger partial charge in [0.2, 0.25) is 5.91 Å². The predicted octanol–water partition coefficient (Wildman–Crippen LogP) is -1.37. The zero-order valence-electron chi connectivity index (χ0n) is 16.2. The molecule has 3 aliphatic heterocycles. The SMILES string of the molecule is CC(C)NC(=O)NC[C@H]1O[C@@H]2C[C@H](CC(=O)N3CCS(=O)(=O)CC3)O[C@@H]2[C@@H]1O. The minimum Gasteiger partial charge on any atom is -0.388 e. The molecule has 0 saturated carbocycles. The van der Waals surface area contributed by atoms with Gasteiger partial charge in [0.05, 0.1) is 30.1 Å². The fourth-order valence-corrected chi connectivity index (χ4v) is 5.00. The first-order valence-electron chi connectivity index (χ1n) is 9.66. The Morgan fingerprint density at radius 1 is 1.21 bits per heavy atom. The highest BCUT2D eigenvalue weighted by atomic mass is 32.2. The monoisotopic (exact) mass is 419 g/mol. The van der Waals surface area contributed by atoms with Gasteiger partial charge in [-0.3, -0.25) is 4.79 Å². The van der Waals surface area contributed by atoms with Gasteiger partial charge in [0.25, 0.3) is 0 Å². The Balaban J connectivity index is 1.43. The molecular weight excluding hydrogens is 390 g/mol. The zero-order chi connectivity index (χ0) is 20.5. The van der Waals surface area contributed by atoms with Gasteiger partial charge in [-0.2, -0.15) is 0 Å². The molecule has 5 atom stereocenters. The minimum atomic E-state index is -3.03. The van der Waals surface area contributed by atoms with Gasteiger partial charge >= 0.3 is 6.03 Å². The number of nitrogens with zero attached hydrogens (tertiary/aromatic N) is 1. The highest BCUT2D eigenvalue weighted by Crippen LogP contribution is 2.35. The molecule has 0 aliphatic carbocycles. The van der Waals surface area contributed by atoms with E-state index in [4.69, 9.17) is 9.47 Å². The van der Waals surface area contributed by atoms with Crippen molar-refractivity contribution in [1.29, 1.82) is 0 Å². The third-order valence-corrected chi connectivity index (χ3v) is 6.87. The van der Waals surface area contributed by atoms with Crippen LogP contribution in [0.15, 0.2) is 0 Å². The predicted molar refractivity (Wildman–Crippen MR) is 99.5 cm³/mol. The van der Waals surface area contributed by atoms with Crippen molar-refractivity contribution in [2.75, 3.05) is 31.1 Å². The second-order valence-corrected chi connectivity index (χ2v) is 10.2. The number of urea groups is 1. The zero-order valence-corrected chi connectivity index (χ0v) is 17.0. The Morgan fingerprint density at radius 3 is 2.50 bits per heavy atom. The summed E-state index contributed by atoms with van der Waals surface area (Å²) in [5, 5.41) is 15.8. The number of rotatable bonds is 5. The Bertz CT molecular complexity index is 685. The molecule has 11 heteroatoms. The quantitative estimate of drug-likeness (QED) is 0.500. The van der Waals surface area contributed by atoms with E-state index >= 15 is 0 Å². The maximum absolute atomic E-state index is 12.4. The van der Waals surface area contributed by atoms with Crippen LogP contribution in [0, 0.1) is 0 Å². The van der Waals surface area contributed by atoms with Crippen LogP contribution in [0.1, 0.15) is 26.7 Å². The van der Waals surface area contributed by atoms with Crippen molar-refractivity contribution >= 4 is 21.8 Å². The molecule has 28 heavy (non-hydrogen) atoms. The van der Waals surface area contributed by atoms with E-state index in [-0.39, 0.29) is 67.7 Å². The first-order chi connectivity index (χ1) is 13.1. The van der Waals surface area contributed by atoms with Gasteiger partial charge in [0.15, 0.2) is 9.84 Å². The fourth-order valence-electron chi connectivity index (χ4n) is 3.80. The largest absolute Gasteiger partial charge is 0.388 e. The number of aliphatic hydroxyl groups is 1. The van der Waals surface area contributed by atoms with Crippen LogP contribution in [0.25, 0.3) is 0 Å². The van der Waals surface area contributed by atoms with Crippen molar-refractivity contribution in [1.82, 2.24) is 15.5 Å². The van der Waals surface area contributed by atoms with Crippen molar-refractivity contribution in [3.8, 4) is 0 Å². The molecule has 0 aromatic rings. The lowest BCUT2D eigenvalue weighted by atomic mass is 10.1. The lowest BCUT2D eigenvalue weighted by Crippen LogP contribution is -2.46. The highest BCUT2D eigenvalue weighted by Gasteiger charge is 2.50. The van der Waals surface area contributed by atoms with Crippen LogP contribution in [0.5, 0.6) is 0 Å². The Hall–Kier alpha value is -1.43. The fraction of sp³-hybridized carbons (Fsp3) is 0.882. The summed E-state index contributed by atoms with van der Waals surface area (Å²) >= 11 is 0. The van der Waals surface area contributed by atoms with E-state index in [1.165, 1.54) is 0 Å². The van der Waals surface area contributed by atoms with Gasteiger partial charge in [-0.05, 0) is 13.8 Å². The number of sulfone groups is 1. The molecule has 3 rings (SSSR count). The molecule has 0 bridgehead atoms. The molecule has 0 aromatic heterocycles. The summed E-state index contributed by atoms with van der Waals surface area (Å²) in [5.74, 6) is -0.148. The summed E-state index contributed by atoms with van der Waals surface area (Å²) in [7, 11) is -3.03. The molecule has 0 radical (unpaired) electrons. The summed E-state index contributed by atoms with van der Waals surface area (Å²) in [4.78, 5) is 25.6. The summed E-state index contributed by atoms with van der Waals surface area (Å²) in [6, 6.07) is -0.314. The number of ether oxygens (including phenoxy) is 2. The number of carbonyl (C=O) groups excluding carboxylic acids is 2. The van der Waals surface area contributed by atoms with Crippen LogP contribution in [0.3, 0.4) is 0 Å². The molecule has 3 aliphatic rings. The van der Waals surface area contributed by atoms with Gasteiger partial charge in [0, 0.05) is 32.1 Å². The molecule has 3 N–H and O–H groups in total.